The van der Waals surface area contributed by atoms with Gasteiger partial charge in [-0.2, -0.15) is 0 Å². The van der Waals surface area contributed by atoms with Gasteiger partial charge in [0, 0.05) is 19.3 Å². The number of rotatable bonds is 3. The van der Waals surface area contributed by atoms with Crippen LogP contribution in [0.25, 0.3) is 0 Å². The molecule has 5 heterocycles. The normalized spacial score (nSPS) is 29.6. The van der Waals surface area contributed by atoms with Crippen LogP contribution < -0.4 is 11.1 Å². The van der Waals surface area contributed by atoms with E-state index in [0.717, 1.165) is 12.8 Å². The van der Waals surface area contributed by atoms with Crippen LogP contribution in [0.15, 0.2) is 16.2 Å². The number of nitrogens with one attached hydrogen (secondary N) is 1. The van der Waals surface area contributed by atoms with E-state index in [-0.39, 0.29) is 29.4 Å². The van der Waals surface area contributed by atoms with Crippen molar-refractivity contribution < 1.29 is 18.3 Å². The Labute approximate surface area is 172 Å². The number of ether oxygens (including phenoxy) is 2. The fourth-order valence-corrected chi connectivity index (χ4v) is 4.40. The molecular weight excluding hydrogens is 398 g/mol. The van der Waals surface area contributed by atoms with Gasteiger partial charge in [0.25, 0.3) is 6.43 Å². The molecule has 3 fully saturated rings. The first kappa shape index (κ1) is 19.5. The summed E-state index contributed by atoms with van der Waals surface area (Å²) in [7, 11) is 0. The van der Waals surface area contributed by atoms with Gasteiger partial charge < -0.3 is 25.4 Å². The lowest BCUT2D eigenvalue weighted by Gasteiger charge is -2.40. The number of alkyl halides is 2. The Morgan fingerprint density at radius 3 is 2.53 bits per heavy atom. The summed E-state index contributed by atoms with van der Waals surface area (Å²) in [5, 5.41) is 3.18. The third kappa shape index (κ3) is 3.59. The van der Waals surface area contributed by atoms with Gasteiger partial charge in [0.15, 0.2) is 0 Å². The molecule has 0 spiro atoms. The van der Waals surface area contributed by atoms with Crippen LogP contribution in [0.3, 0.4) is 0 Å². The van der Waals surface area contributed by atoms with Gasteiger partial charge in [-0.15, -0.1) is 0 Å². The van der Waals surface area contributed by atoms with Gasteiger partial charge in [-0.3, -0.25) is 4.90 Å². The quantitative estimate of drug-likeness (QED) is 0.709. The van der Waals surface area contributed by atoms with E-state index < -0.39 is 18.4 Å². The van der Waals surface area contributed by atoms with Crippen LogP contribution in [0, 0.1) is 0 Å². The van der Waals surface area contributed by atoms with Crippen molar-refractivity contribution in [1.29, 1.82) is 0 Å². The molecule has 3 saturated heterocycles. The molecule has 1 aromatic heterocycles. The summed E-state index contributed by atoms with van der Waals surface area (Å²) >= 11 is 0. The van der Waals surface area contributed by atoms with E-state index in [1.165, 1.54) is 6.20 Å². The van der Waals surface area contributed by atoms with Crippen molar-refractivity contribution in [1.82, 2.24) is 25.1 Å². The van der Waals surface area contributed by atoms with E-state index >= 15 is 0 Å². The molecule has 0 radical (unpaired) electrons. The third-order valence-corrected chi connectivity index (χ3v) is 5.87. The number of aliphatic imine (C=N–C) groups is 2. The molecule has 3 atom stereocenters. The Bertz CT molecular complexity index is 845. The van der Waals surface area contributed by atoms with E-state index in [4.69, 9.17) is 20.2 Å². The fourth-order valence-electron chi connectivity index (χ4n) is 4.40. The smallest absolute Gasteiger partial charge is 0.281 e. The number of guanidine groups is 1. The second kappa shape index (κ2) is 8.00. The summed E-state index contributed by atoms with van der Waals surface area (Å²) < 4.78 is 38.5. The van der Waals surface area contributed by atoms with Gasteiger partial charge in [0.05, 0.1) is 44.1 Å². The van der Waals surface area contributed by atoms with Crippen LogP contribution >= 0.6 is 0 Å². The SMILES string of the molecule is Nc1ncc(C2=NC(N3CCOCC3)N=C(N3C4CCC3COC4)N2)c(C(F)F)n1. The first-order valence-electron chi connectivity index (χ1n) is 10.1. The lowest BCUT2D eigenvalue weighted by atomic mass is 10.2. The van der Waals surface area contributed by atoms with Gasteiger partial charge in [-0.1, -0.05) is 0 Å². The Morgan fingerprint density at radius 2 is 1.83 bits per heavy atom. The first-order valence-corrected chi connectivity index (χ1v) is 10.1. The van der Waals surface area contributed by atoms with Crippen molar-refractivity contribution in [3.8, 4) is 0 Å². The molecule has 10 nitrogen and oxygen atoms in total. The maximum atomic E-state index is 13.7. The summed E-state index contributed by atoms with van der Waals surface area (Å²) in [5.74, 6) is 0.706. The minimum absolute atomic E-state index is 0.130. The number of nitrogens with two attached hydrogens (primary N) is 1. The molecule has 30 heavy (non-hydrogen) atoms. The zero-order chi connectivity index (χ0) is 20.7. The molecule has 0 aromatic carbocycles. The highest BCUT2D eigenvalue weighted by molar-refractivity contribution is 6.10. The number of anilines is 1. The van der Waals surface area contributed by atoms with Crippen LogP contribution in [0.2, 0.25) is 0 Å². The molecule has 12 heteroatoms. The van der Waals surface area contributed by atoms with E-state index in [9.17, 15) is 8.78 Å². The Kier molecular flexibility index (Phi) is 5.21. The van der Waals surface area contributed by atoms with Crippen molar-refractivity contribution >= 4 is 17.7 Å². The molecule has 162 valence electrons. The summed E-state index contributed by atoms with van der Waals surface area (Å²) in [5.41, 5.74) is 5.23. The lowest BCUT2D eigenvalue weighted by Crippen LogP contribution is -2.58. The number of aromatic nitrogens is 2. The molecule has 1 aromatic rings. The van der Waals surface area contributed by atoms with Crippen LogP contribution in [-0.4, -0.2) is 89.5 Å². The summed E-state index contributed by atoms with van der Waals surface area (Å²) in [4.78, 5) is 21.4. The third-order valence-electron chi connectivity index (χ3n) is 5.87. The molecule has 4 aliphatic heterocycles. The minimum Gasteiger partial charge on any atom is -0.379 e. The van der Waals surface area contributed by atoms with Gasteiger partial charge in [0.2, 0.25) is 18.2 Å². The molecule has 0 amide bonds. The lowest BCUT2D eigenvalue weighted by molar-refractivity contribution is 0.0125. The van der Waals surface area contributed by atoms with Crippen LogP contribution in [-0.2, 0) is 9.47 Å². The van der Waals surface area contributed by atoms with E-state index in [2.05, 4.69) is 30.1 Å². The Morgan fingerprint density at radius 1 is 1.10 bits per heavy atom. The predicted molar refractivity (Wildman–Crippen MR) is 104 cm³/mol. The number of amidine groups is 1. The topological polar surface area (TPSA) is 113 Å². The number of morpholine rings is 2. The van der Waals surface area contributed by atoms with E-state index in [1.807, 2.05) is 0 Å². The number of nitrogen functional groups attached to an aromatic ring is 1. The molecule has 0 aliphatic carbocycles. The number of halogens is 2. The highest BCUT2D eigenvalue weighted by Crippen LogP contribution is 2.30. The minimum atomic E-state index is -2.81. The maximum Gasteiger partial charge on any atom is 0.281 e. The van der Waals surface area contributed by atoms with E-state index in [0.29, 0.717) is 45.5 Å². The molecule has 2 bridgehead atoms. The monoisotopic (exact) mass is 422 g/mol. The molecular formula is C18H24F2N8O2. The average Bonchev–Trinajstić information content (AvgIpc) is 3.02. The summed E-state index contributed by atoms with van der Waals surface area (Å²) in [6.07, 6.45) is -0.0344. The second-order valence-corrected chi connectivity index (χ2v) is 7.71. The molecule has 3 N–H and O–H groups in total. The largest absolute Gasteiger partial charge is 0.379 e. The number of hydrogen-bond acceptors (Lipinski definition) is 10. The molecule has 5 rings (SSSR count). The number of hydrogen-bond donors (Lipinski definition) is 2. The first-order chi connectivity index (χ1) is 14.6. The van der Waals surface area contributed by atoms with Crippen molar-refractivity contribution in [2.24, 2.45) is 9.98 Å². The van der Waals surface area contributed by atoms with Gasteiger partial charge in [0.1, 0.15) is 11.5 Å². The van der Waals surface area contributed by atoms with Crippen molar-refractivity contribution in [2.45, 2.75) is 37.6 Å². The highest BCUT2D eigenvalue weighted by atomic mass is 19.3. The van der Waals surface area contributed by atoms with Crippen LogP contribution in [0.4, 0.5) is 14.7 Å². The highest BCUT2D eigenvalue weighted by Gasteiger charge is 2.41. The summed E-state index contributed by atoms with van der Waals surface area (Å²) in [6, 6.07) is 0.411. The zero-order valence-electron chi connectivity index (χ0n) is 16.4. The van der Waals surface area contributed by atoms with Crippen molar-refractivity contribution in [2.75, 3.05) is 45.3 Å². The predicted octanol–water partition coefficient (Wildman–Crippen LogP) is 0.181. The van der Waals surface area contributed by atoms with Gasteiger partial charge >= 0.3 is 0 Å². The number of fused-ring (bicyclic) bond motifs is 2. The molecule has 3 unspecified atom stereocenters. The van der Waals surface area contributed by atoms with Gasteiger partial charge in [-0.25, -0.2) is 28.7 Å². The van der Waals surface area contributed by atoms with Crippen molar-refractivity contribution in [3.63, 3.8) is 0 Å². The Hall–Kier alpha value is -2.44. The number of nitrogens with zero attached hydrogens (tertiary/aromatic N) is 6. The standard InChI is InChI=1S/C18H24F2N8O2/c19-14(20)13-12(7-22-16(21)23-13)15-24-17(27-3-5-29-6-4-27)26-18(25-15)28-10-1-2-11(28)9-30-8-10/h7,10-11,14,17H,1-6,8-9H2,(H2,21,22,23)(H,24,25,26). The second-order valence-electron chi connectivity index (χ2n) is 7.71. The van der Waals surface area contributed by atoms with Crippen molar-refractivity contribution in [3.05, 3.63) is 17.5 Å². The Balaban J connectivity index is 1.52. The molecule has 0 saturated carbocycles. The maximum absolute atomic E-state index is 13.7. The van der Waals surface area contributed by atoms with Crippen LogP contribution in [0.5, 0.6) is 0 Å². The van der Waals surface area contributed by atoms with Gasteiger partial charge in [-0.05, 0) is 12.8 Å². The summed E-state index contributed by atoms with van der Waals surface area (Å²) in [6.45, 7) is 3.73. The molecule has 4 aliphatic rings. The fraction of sp³-hybridized carbons (Fsp3) is 0.667. The average molecular weight is 422 g/mol. The van der Waals surface area contributed by atoms with E-state index in [1.54, 1.807) is 0 Å². The van der Waals surface area contributed by atoms with Crippen LogP contribution in [0.1, 0.15) is 30.5 Å². The zero-order valence-corrected chi connectivity index (χ0v) is 16.4.